The van der Waals surface area contributed by atoms with Gasteiger partial charge in [0.15, 0.2) is 5.69 Å². The van der Waals surface area contributed by atoms with Crippen molar-refractivity contribution in [1.29, 1.82) is 0 Å². The van der Waals surface area contributed by atoms with Gasteiger partial charge in [0.1, 0.15) is 5.82 Å². The highest BCUT2D eigenvalue weighted by Gasteiger charge is 2.34. The van der Waals surface area contributed by atoms with Crippen LogP contribution in [0.4, 0.5) is 4.39 Å². The number of aromatic nitrogens is 2. The van der Waals surface area contributed by atoms with Gasteiger partial charge in [-0.25, -0.2) is 9.07 Å². The van der Waals surface area contributed by atoms with E-state index < -0.39 is 0 Å². The van der Waals surface area contributed by atoms with Crippen LogP contribution in [0.2, 0.25) is 10.0 Å². The van der Waals surface area contributed by atoms with Gasteiger partial charge < -0.3 is 10.2 Å². The van der Waals surface area contributed by atoms with Crippen molar-refractivity contribution in [2.24, 2.45) is 5.92 Å². The Labute approximate surface area is 237 Å². The summed E-state index contributed by atoms with van der Waals surface area (Å²) in [6, 6.07) is 11.2. The van der Waals surface area contributed by atoms with Crippen LogP contribution in [-0.2, 0) is 11.3 Å². The number of nitrogens with zero attached hydrogens (tertiary/aromatic N) is 3. The van der Waals surface area contributed by atoms with E-state index in [-0.39, 0.29) is 35.9 Å². The Bertz CT molecular complexity index is 1430. The molecule has 6 nitrogen and oxygen atoms in total. The van der Waals surface area contributed by atoms with Gasteiger partial charge in [-0.2, -0.15) is 5.10 Å². The third-order valence-corrected chi connectivity index (χ3v) is 8.26. The first-order valence-electron chi connectivity index (χ1n) is 13.3. The molecule has 2 aromatic carbocycles. The molecule has 2 heterocycles. The van der Waals surface area contributed by atoms with Gasteiger partial charge in [0.25, 0.3) is 5.91 Å². The number of nitrogens with one attached hydrogen (secondary N) is 1. The topological polar surface area (TPSA) is 67.2 Å². The second-order valence-corrected chi connectivity index (χ2v) is 11.3. The molecule has 1 aliphatic heterocycles. The van der Waals surface area contributed by atoms with Gasteiger partial charge in [-0.15, -0.1) is 0 Å². The smallest absolute Gasteiger partial charge is 0.272 e. The van der Waals surface area contributed by atoms with Crippen LogP contribution in [0.15, 0.2) is 42.5 Å². The molecule has 0 radical (unpaired) electrons. The standard InChI is InChI=1S/C30H31Cl2FN4O2/c1-18(21-6-4-3-5-7-21)34-30(39)28-25-17-36(19(2)38)16-22(14-20-8-11-24(33)12-9-20)29(25)37(35-28)27-13-10-23(31)15-26(27)32/h8-15,18,21H,3-7,16-17H2,1-2H3,(H,34,39)/b22-14+. The Hall–Kier alpha value is -3.16. The second-order valence-electron chi connectivity index (χ2n) is 10.4. The van der Waals surface area contributed by atoms with E-state index in [0.717, 1.165) is 24.0 Å². The molecule has 1 N–H and O–H groups in total. The highest BCUT2D eigenvalue weighted by atomic mass is 35.5. The lowest BCUT2D eigenvalue weighted by atomic mass is 9.84. The lowest BCUT2D eigenvalue weighted by Gasteiger charge is -2.30. The zero-order chi connectivity index (χ0) is 27.7. The summed E-state index contributed by atoms with van der Waals surface area (Å²) in [5.41, 5.74) is 3.68. The quantitative estimate of drug-likeness (QED) is 0.363. The first-order chi connectivity index (χ1) is 18.7. The Morgan fingerprint density at radius 3 is 2.46 bits per heavy atom. The summed E-state index contributed by atoms with van der Waals surface area (Å²) in [5.74, 6) is -0.311. The maximum absolute atomic E-state index is 13.7. The minimum absolute atomic E-state index is 0.000511. The van der Waals surface area contributed by atoms with Crippen molar-refractivity contribution in [2.75, 3.05) is 6.54 Å². The van der Waals surface area contributed by atoms with Gasteiger partial charge in [-0.3, -0.25) is 9.59 Å². The normalized spacial score (nSPS) is 17.7. The van der Waals surface area contributed by atoms with Crippen molar-refractivity contribution >= 4 is 46.7 Å². The Balaban J connectivity index is 1.64. The average molecular weight is 570 g/mol. The zero-order valence-electron chi connectivity index (χ0n) is 22.0. The maximum Gasteiger partial charge on any atom is 0.272 e. The summed E-state index contributed by atoms with van der Waals surface area (Å²) in [4.78, 5) is 28.0. The molecule has 204 valence electrons. The van der Waals surface area contributed by atoms with Crippen LogP contribution in [0, 0.1) is 11.7 Å². The van der Waals surface area contributed by atoms with Crippen molar-refractivity contribution in [2.45, 2.75) is 58.5 Å². The van der Waals surface area contributed by atoms with Crippen LogP contribution >= 0.6 is 23.2 Å². The Morgan fingerprint density at radius 1 is 1.08 bits per heavy atom. The monoisotopic (exact) mass is 568 g/mol. The van der Waals surface area contributed by atoms with Crippen molar-refractivity contribution < 1.29 is 14.0 Å². The molecule has 1 fully saturated rings. The Kier molecular flexibility index (Phi) is 8.10. The number of halogens is 3. The molecule has 0 spiro atoms. The van der Waals surface area contributed by atoms with Gasteiger partial charge in [0.2, 0.25) is 5.91 Å². The van der Waals surface area contributed by atoms with Crippen LogP contribution in [-0.4, -0.2) is 39.1 Å². The molecule has 1 aromatic heterocycles. The van der Waals surface area contributed by atoms with E-state index in [4.69, 9.17) is 28.3 Å². The molecule has 9 heteroatoms. The van der Waals surface area contributed by atoms with E-state index in [9.17, 15) is 14.0 Å². The fraction of sp³-hybridized carbons (Fsp3) is 0.367. The predicted octanol–water partition coefficient (Wildman–Crippen LogP) is 6.92. The molecule has 1 unspecified atom stereocenters. The number of benzene rings is 2. The van der Waals surface area contributed by atoms with E-state index in [1.165, 1.54) is 38.3 Å². The lowest BCUT2D eigenvalue weighted by Crippen LogP contribution is -2.40. The van der Waals surface area contributed by atoms with E-state index in [2.05, 4.69) is 12.2 Å². The summed E-state index contributed by atoms with van der Waals surface area (Å²) < 4.78 is 15.3. The lowest BCUT2D eigenvalue weighted by molar-refractivity contribution is -0.128. The van der Waals surface area contributed by atoms with Gasteiger partial charge in [-0.1, -0.05) is 54.6 Å². The summed E-state index contributed by atoms with van der Waals surface area (Å²) in [7, 11) is 0. The number of hydrogen-bond acceptors (Lipinski definition) is 3. The van der Waals surface area contributed by atoms with E-state index in [1.54, 1.807) is 39.9 Å². The number of carbonyl (C=O) groups excluding carboxylic acids is 2. The number of hydrogen-bond donors (Lipinski definition) is 1. The van der Waals surface area contributed by atoms with E-state index >= 15 is 0 Å². The molecule has 0 bridgehead atoms. The minimum atomic E-state index is -0.337. The molecule has 1 aliphatic carbocycles. The van der Waals surface area contributed by atoms with Crippen LogP contribution in [0.25, 0.3) is 17.3 Å². The molecule has 2 aliphatic rings. The summed E-state index contributed by atoms with van der Waals surface area (Å²) in [6.45, 7) is 4.09. The molecule has 1 saturated carbocycles. The van der Waals surface area contributed by atoms with Crippen molar-refractivity contribution in [3.8, 4) is 5.69 Å². The molecule has 39 heavy (non-hydrogen) atoms. The van der Waals surface area contributed by atoms with Crippen LogP contribution in [0.5, 0.6) is 0 Å². The fourth-order valence-electron chi connectivity index (χ4n) is 5.59. The van der Waals surface area contributed by atoms with Crippen LogP contribution < -0.4 is 5.32 Å². The summed E-state index contributed by atoms with van der Waals surface area (Å²) in [5, 5.41) is 8.84. The molecular weight excluding hydrogens is 538 g/mol. The Morgan fingerprint density at radius 2 is 1.79 bits per heavy atom. The molecule has 1 atom stereocenters. The van der Waals surface area contributed by atoms with Crippen LogP contribution in [0.1, 0.15) is 73.3 Å². The second kappa shape index (κ2) is 11.5. The fourth-order valence-corrected chi connectivity index (χ4v) is 6.08. The minimum Gasteiger partial charge on any atom is -0.348 e. The highest BCUT2D eigenvalue weighted by Crippen LogP contribution is 2.36. The summed E-state index contributed by atoms with van der Waals surface area (Å²) >= 11 is 12.8. The van der Waals surface area contributed by atoms with Crippen molar-refractivity contribution in [3.63, 3.8) is 0 Å². The van der Waals surface area contributed by atoms with E-state index in [1.807, 2.05) is 6.08 Å². The molecule has 0 saturated heterocycles. The SMILES string of the molecule is CC(=O)N1C/C(=C\c2ccc(F)cc2)c2c(c(C(=O)NC(C)C3CCCCC3)nn2-c2ccc(Cl)cc2Cl)C1. The highest BCUT2D eigenvalue weighted by molar-refractivity contribution is 6.35. The first kappa shape index (κ1) is 27.4. The predicted molar refractivity (Wildman–Crippen MR) is 152 cm³/mol. The maximum atomic E-state index is 13.7. The largest absolute Gasteiger partial charge is 0.348 e. The van der Waals surface area contributed by atoms with Gasteiger partial charge >= 0.3 is 0 Å². The van der Waals surface area contributed by atoms with Crippen molar-refractivity contribution in [1.82, 2.24) is 20.0 Å². The number of amides is 2. The molecule has 3 aromatic rings. The van der Waals surface area contributed by atoms with Crippen molar-refractivity contribution in [3.05, 3.63) is 80.8 Å². The number of carbonyl (C=O) groups is 2. The number of rotatable bonds is 5. The zero-order valence-corrected chi connectivity index (χ0v) is 23.5. The average Bonchev–Trinajstić information content (AvgIpc) is 3.30. The van der Waals surface area contributed by atoms with Crippen LogP contribution in [0.3, 0.4) is 0 Å². The van der Waals surface area contributed by atoms with Gasteiger partial charge in [0.05, 0.1) is 22.9 Å². The molecule has 5 rings (SSSR count). The summed E-state index contributed by atoms with van der Waals surface area (Å²) in [6.07, 6.45) is 7.67. The third-order valence-electron chi connectivity index (χ3n) is 7.72. The van der Waals surface area contributed by atoms with Gasteiger partial charge in [0, 0.05) is 30.1 Å². The first-order valence-corrected chi connectivity index (χ1v) is 14.1. The van der Waals surface area contributed by atoms with Gasteiger partial charge in [-0.05, 0) is 73.2 Å². The molecular formula is C30H31Cl2FN4O2. The molecule has 2 amide bonds. The van der Waals surface area contributed by atoms with E-state index in [0.29, 0.717) is 39.5 Å². The third kappa shape index (κ3) is 5.89. The number of fused-ring (bicyclic) bond motifs is 1.